The molecule has 1 aromatic rings. The van der Waals surface area contributed by atoms with Crippen LogP contribution in [0.25, 0.3) is 0 Å². The fourth-order valence-corrected chi connectivity index (χ4v) is 1.69. The summed E-state index contributed by atoms with van der Waals surface area (Å²) in [5.41, 5.74) is 5.95. The molecule has 0 saturated heterocycles. The standard InChI is InChI=1S/C11H14BrClN2O/c1-11(2,14)6-10(16)15-7-3-4-9(13)8(12)5-7/h3-5H,6,14H2,1-2H3,(H,15,16). The van der Waals surface area contributed by atoms with Gasteiger partial charge in [0.05, 0.1) is 5.02 Å². The van der Waals surface area contributed by atoms with E-state index in [4.69, 9.17) is 17.3 Å². The van der Waals surface area contributed by atoms with Gasteiger partial charge in [0.2, 0.25) is 5.91 Å². The molecule has 1 rings (SSSR count). The zero-order chi connectivity index (χ0) is 12.3. The number of nitrogens with two attached hydrogens (primary N) is 1. The number of anilines is 1. The molecule has 5 heteroatoms. The van der Waals surface area contributed by atoms with E-state index in [9.17, 15) is 4.79 Å². The molecule has 0 saturated carbocycles. The van der Waals surface area contributed by atoms with Gasteiger partial charge in [-0.15, -0.1) is 0 Å². The molecule has 0 atom stereocenters. The first-order chi connectivity index (χ1) is 7.28. The quantitative estimate of drug-likeness (QED) is 0.901. The average Bonchev–Trinajstić information content (AvgIpc) is 2.08. The summed E-state index contributed by atoms with van der Waals surface area (Å²) in [5, 5.41) is 3.37. The maximum Gasteiger partial charge on any atom is 0.226 e. The summed E-state index contributed by atoms with van der Waals surface area (Å²) < 4.78 is 0.749. The van der Waals surface area contributed by atoms with E-state index >= 15 is 0 Å². The van der Waals surface area contributed by atoms with Crippen molar-refractivity contribution in [1.82, 2.24) is 0 Å². The summed E-state index contributed by atoms with van der Waals surface area (Å²) in [4.78, 5) is 11.6. The highest BCUT2D eigenvalue weighted by atomic mass is 79.9. The molecule has 1 aromatic carbocycles. The number of nitrogens with one attached hydrogen (secondary N) is 1. The molecule has 0 aliphatic carbocycles. The Morgan fingerprint density at radius 3 is 2.69 bits per heavy atom. The molecule has 0 radical (unpaired) electrons. The van der Waals surface area contributed by atoms with Gasteiger partial charge in [-0.2, -0.15) is 0 Å². The number of halogens is 2. The summed E-state index contributed by atoms with van der Waals surface area (Å²) in [5.74, 6) is -0.110. The number of amides is 1. The highest BCUT2D eigenvalue weighted by Gasteiger charge is 2.16. The van der Waals surface area contributed by atoms with Gasteiger partial charge in [0.25, 0.3) is 0 Å². The Hall–Kier alpha value is -0.580. The molecule has 0 aliphatic rings. The lowest BCUT2D eigenvalue weighted by atomic mass is 10.0. The predicted octanol–water partition coefficient (Wildman–Crippen LogP) is 3.17. The number of carbonyl (C=O) groups excluding carboxylic acids is 1. The molecular weight excluding hydrogens is 291 g/mol. The summed E-state index contributed by atoms with van der Waals surface area (Å²) >= 11 is 9.13. The van der Waals surface area contributed by atoms with Crippen molar-refractivity contribution in [2.45, 2.75) is 25.8 Å². The molecule has 0 bridgehead atoms. The van der Waals surface area contributed by atoms with Crippen molar-refractivity contribution < 1.29 is 4.79 Å². The van der Waals surface area contributed by atoms with E-state index in [1.807, 2.05) is 13.8 Å². The van der Waals surface area contributed by atoms with Crippen molar-refractivity contribution in [3.8, 4) is 0 Å². The Balaban J connectivity index is 2.67. The first kappa shape index (κ1) is 13.5. The van der Waals surface area contributed by atoms with Crippen molar-refractivity contribution in [2.24, 2.45) is 5.73 Å². The third-order valence-corrected chi connectivity index (χ3v) is 3.03. The minimum Gasteiger partial charge on any atom is -0.326 e. The Morgan fingerprint density at radius 1 is 1.56 bits per heavy atom. The number of carbonyl (C=O) groups is 1. The van der Waals surface area contributed by atoms with E-state index in [1.54, 1.807) is 18.2 Å². The molecule has 0 spiro atoms. The lowest BCUT2D eigenvalue weighted by Crippen LogP contribution is -2.36. The van der Waals surface area contributed by atoms with Crippen LogP contribution in [0.5, 0.6) is 0 Å². The normalized spacial score (nSPS) is 11.3. The largest absolute Gasteiger partial charge is 0.326 e. The lowest BCUT2D eigenvalue weighted by molar-refractivity contribution is -0.117. The van der Waals surface area contributed by atoms with E-state index in [2.05, 4.69) is 21.2 Å². The Labute approximate surface area is 108 Å². The van der Waals surface area contributed by atoms with Crippen LogP contribution in [0.4, 0.5) is 5.69 Å². The Kier molecular flexibility index (Phi) is 4.35. The molecule has 88 valence electrons. The van der Waals surface area contributed by atoms with Crippen molar-refractivity contribution >= 4 is 39.1 Å². The SMILES string of the molecule is CC(C)(N)CC(=O)Nc1ccc(Cl)c(Br)c1. The summed E-state index contributed by atoms with van der Waals surface area (Å²) in [6, 6.07) is 5.22. The monoisotopic (exact) mass is 304 g/mol. The van der Waals surface area contributed by atoms with E-state index in [1.165, 1.54) is 0 Å². The second-order valence-corrected chi connectivity index (χ2v) is 5.60. The number of benzene rings is 1. The van der Waals surface area contributed by atoms with Gasteiger partial charge in [0.15, 0.2) is 0 Å². The van der Waals surface area contributed by atoms with Crippen LogP contribution >= 0.6 is 27.5 Å². The smallest absolute Gasteiger partial charge is 0.226 e. The van der Waals surface area contributed by atoms with E-state index < -0.39 is 5.54 Å². The minimum atomic E-state index is -0.506. The van der Waals surface area contributed by atoms with Gasteiger partial charge >= 0.3 is 0 Å². The molecule has 3 nitrogen and oxygen atoms in total. The molecule has 0 unspecified atom stereocenters. The Morgan fingerprint density at radius 2 is 2.19 bits per heavy atom. The van der Waals surface area contributed by atoms with Crippen LogP contribution < -0.4 is 11.1 Å². The zero-order valence-electron chi connectivity index (χ0n) is 9.18. The van der Waals surface area contributed by atoms with Gasteiger partial charge in [-0.05, 0) is 48.0 Å². The van der Waals surface area contributed by atoms with E-state index in [0.29, 0.717) is 10.7 Å². The molecule has 16 heavy (non-hydrogen) atoms. The number of rotatable bonds is 3. The second kappa shape index (κ2) is 5.17. The maximum atomic E-state index is 11.6. The second-order valence-electron chi connectivity index (χ2n) is 4.34. The van der Waals surface area contributed by atoms with Gasteiger partial charge in [0, 0.05) is 22.1 Å². The fraction of sp³-hybridized carbons (Fsp3) is 0.364. The first-order valence-electron chi connectivity index (χ1n) is 4.82. The van der Waals surface area contributed by atoms with Crippen LogP contribution in [0.1, 0.15) is 20.3 Å². The molecular formula is C11H14BrClN2O. The topological polar surface area (TPSA) is 55.1 Å². The van der Waals surface area contributed by atoms with Gasteiger partial charge in [-0.1, -0.05) is 11.6 Å². The highest BCUT2D eigenvalue weighted by molar-refractivity contribution is 9.10. The van der Waals surface area contributed by atoms with Crippen molar-refractivity contribution in [3.05, 3.63) is 27.7 Å². The van der Waals surface area contributed by atoms with Crippen LogP contribution in [0.2, 0.25) is 5.02 Å². The van der Waals surface area contributed by atoms with Crippen LogP contribution in [0.15, 0.2) is 22.7 Å². The van der Waals surface area contributed by atoms with Crippen molar-refractivity contribution in [3.63, 3.8) is 0 Å². The third-order valence-electron chi connectivity index (χ3n) is 1.82. The van der Waals surface area contributed by atoms with Gasteiger partial charge in [-0.3, -0.25) is 4.79 Å². The van der Waals surface area contributed by atoms with E-state index in [0.717, 1.165) is 4.47 Å². The van der Waals surface area contributed by atoms with Crippen molar-refractivity contribution in [1.29, 1.82) is 0 Å². The van der Waals surface area contributed by atoms with Gasteiger partial charge in [0.1, 0.15) is 0 Å². The predicted molar refractivity (Wildman–Crippen MR) is 70.7 cm³/mol. The average molecular weight is 306 g/mol. The highest BCUT2D eigenvalue weighted by Crippen LogP contribution is 2.25. The van der Waals surface area contributed by atoms with Crippen LogP contribution in [-0.4, -0.2) is 11.4 Å². The zero-order valence-corrected chi connectivity index (χ0v) is 11.5. The van der Waals surface area contributed by atoms with Gasteiger partial charge < -0.3 is 11.1 Å². The summed E-state index contributed by atoms with van der Waals surface area (Å²) in [6.07, 6.45) is 0.271. The minimum absolute atomic E-state index is 0.110. The molecule has 3 N–H and O–H groups in total. The molecule has 0 aromatic heterocycles. The van der Waals surface area contributed by atoms with E-state index in [-0.39, 0.29) is 12.3 Å². The van der Waals surface area contributed by atoms with Gasteiger partial charge in [-0.25, -0.2) is 0 Å². The fourth-order valence-electron chi connectivity index (χ4n) is 1.19. The molecule has 0 aliphatic heterocycles. The summed E-state index contributed by atoms with van der Waals surface area (Å²) in [7, 11) is 0. The molecule has 0 heterocycles. The molecule has 0 fully saturated rings. The van der Waals surface area contributed by atoms with Crippen LogP contribution in [0.3, 0.4) is 0 Å². The van der Waals surface area contributed by atoms with Crippen LogP contribution in [-0.2, 0) is 4.79 Å². The first-order valence-corrected chi connectivity index (χ1v) is 5.99. The Bertz CT molecular complexity index is 401. The number of hydrogen-bond donors (Lipinski definition) is 2. The number of hydrogen-bond acceptors (Lipinski definition) is 2. The lowest BCUT2D eigenvalue weighted by Gasteiger charge is -2.17. The third kappa shape index (κ3) is 4.51. The summed E-state index contributed by atoms with van der Waals surface area (Å²) in [6.45, 7) is 3.62. The van der Waals surface area contributed by atoms with Crippen LogP contribution in [0, 0.1) is 0 Å². The molecule has 1 amide bonds. The maximum absolute atomic E-state index is 11.6. The van der Waals surface area contributed by atoms with Crippen molar-refractivity contribution in [2.75, 3.05) is 5.32 Å².